The van der Waals surface area contributed by atoms with E-state index in [9.17, 15) is 14.7 Å². The van der Waals surface area contributed by atoms with Crippen molar-refractivity contribution in [3.63, 3.8) is 0 Å². The van der Waals surface area contributed by atoms with Crippen LogP contribution in [-0.2, 0) is 9.53 Å². The third kappa shape index (κ3) is 4.34. The standard InChI is InChI=1S/C25H26N2O6/c1-15(2)32-12-6-11-27-21(17-8-5-10-26-14-17)20(23(29)25(27)30)22(28)19-13-16-7-4-9-18(31-3)24(16)33-19/h4-5,7-10,13-15,21,29H,6,11-12H2,1-3H3. The van der Waals surface area contributed by atoms with Crippen molar-refractivity contribution in [2.45, 2.75) is 32.4 Å². The van der Waals surface area contributed by atoms with Gasteiger partial charge < -0.3 is 23.9 Å². The summed E-state index contributed by atoms with van der Waals surface area (Å²) >= 11 is 0. The first-order valence-corrected chi connectivity index (χ1v) is 10.8. The molecule has 3 aromatic rings. The zero-order chi connectivity index (χ0) is 23.5. The number of para-hydroxylation sites is 1. The van der Waals surface area contributed by atoms with Crippen LogP contribution in [0.5, 0.6) is 5.75 Å². The van der Waals surface area contributed by atoms with Gasteiger partial charge in [-0.1, -0.05) is 18.2 Å². The second-order valence-corrected chi connectivity index (χ2v) is 8.04. The number of hydrogen-bond acceptors (Lipinski definition) is 7. The molecule has 1 aliphatic heterocycles. The van der Waals surface area contributed by atoms with Gasteiger partial charge in [0, 0.05) is 30.9 Å². The van der Waals surface area contributed by atoms with Gasteiger partial charge in [0.15, 0.2) is 22.9 Å². The van der Waals surface area contributed by atoms with Crippen LogP contribution in [0.4, 0.5) is 0 Å². The van der Waals surface area contributed by atoms with Crippen molar-refractivity contribution in [2.75, 3.05) is 20.3 Å². The lowest BCUT2D eigenvalue weighted by Gasteiger charge is -2.26. The van der Waals surface area contributed by atoms with Crippen molar-refractivity contribution in [3.8, 4) is 5.75 Å². The maximum Gasteiger partial charge on any atom is 0.290 e. The summed E-state index contributed by atoms with van der Waals surface area (Å²) in [4.78, 5) is 32.2. The molecule has 1 aromatic carbocycles. The van der Waals surface area contributed by atoms with E-state index in [0.29, 0.717) is 41.9 Å². The molecule has 33 heavy (non-hydrogen) atoms. The highest BCUT2D eigenvalue weighted by molar-refractivity contribution is 6.16. The number of aromatic nitrogens is 1. The molecular weight excluding hydrogens is 424 g/mol. The van der Waals surface area contributed by atoms with Crippen LogP contribution in [0.25, 0.3) is 11.0 Å². The Morgan fingerprint density at radius 2 is 2.09 bits per heavy atom. The molecule has 3 heterocycles. The Morgan fingerprint density at radius 3 is 2.79 bits per heavy atom. The minimum absolute atomic E-state index is 0.0164. The number of furan rings is 1. The topological polar surface area (TPSA) is 102 Å². The zero-order valence-electron chi connectivity index (χ0n) is 18.8. The molecule has 0 spiro atoms. The molecule has 172 valence electrons. The quantitative estimate of drug-likeness (QED) is 0.384. The molecule has 1 N–H and O–H groups in total. The molecular formula is C25H26N2O6. The van der Waals surface area contributed by atoms with Crippen molar-refractivity contribution in [1.29, 1.82) is 0 Å². The lowest BCUT2D eigenvalue weighted by atomic mass is 9.96. The summed E-state index contributed by atoms with van der Waals surface area (Å²) in [7, 11) is 1.52. The smallest absolute Gasteiger partial charge is 0.290 e. The van der Waals surface area contributed by atoms with Crippen LogP contribution in [0.1, 0.15) is 42.4 Å². The summed E-state index contributed by atoms with van der Waals surface area (Å²) in [5.41, 5.74) is 1.01. The SMILES string of the molecule is COc1cccc2cc(C(=O)C3=C(O)C(=O)N(CCCOC(C)C)C3c3cccnc3)oc12. The van der Waals surface area contributed by atoms with Gasteiger partial charge in [-0.05, 0) is 44.0 Å². The van der Waals surface area contributed by atoms with Gasteiger partial charge in [-0.2, -0.15) is 0 Å². The van der Waals surface area contributed by atoms with E-state index >= 15 is 0 Å². The number of carbonyl (C=O) groups excluding carboxylic acids is 2. The minimum Gasteiger partial charge on any atom is -0.503 e. The first kappa shape index (κ1) is 22.5. The second-order valence-electron chi connectivity index (χ2n) is 8.04. The number of hydrogen-bond donors (Lipinski definition) is 1. The van der Waals surface area contributed by atoms with Crippen LogP contribution >= 0.6 is 0 Å². The normalized spacial score (nSPS) is 16.3. The fraction of sp³-hybridized carbons (Fsp3) is 0.320. The molecule has 0 saturated heterocycles. The van der Waals surface area contributed by atoms with Gasteiger partial charge in [0.25, 0.3) is 5.91 Å². The largest absolute Gasteiger partial charge is 0.503 e. The summed E-state index contributed by atoms with van der Waals surface area (Å²) in [5.74, 6) is -1.24. The predicted molar refractivity (Wildman–Crippen MR) is 121 cm³/mol. The summed E-state index contributed by atoms with van der Waals surface area (Å²) in [6.07, 6.45) is 3.82. The monoisotopic (exact) mass is 450 g/mol. The molecule has 4 rings (SSSR count). The van der Waals surface area contributed by atoms with E-state index in [1.807, 2.05) is 13.8 Å². The summed E-state index contributed by atoms with van der Waals surface area (Å²) in [6, 6.07) is 9.62. The number of Topliss-reactive ketones (excluding diaryl/α,β-unsaturated/α-hetero) is 1. The van der Waals surface area contributed by atoms with E-state index in [0.717, 1.165) is 0 Å². The number of methoxy groups -OCH3 is 1. The Labute approximate surface area is 191 Å². The molecule has 1 amide bonds. The van der Waals surface area contributed by atoms with Crippen LogP contribution in [0, 0.1) is 0 Å². The van der Waals surface area contributed by atoms with Crippen LogP contribution in [0.3, 0.4) is 0 Å². The number of rotatable bonds is 9. The fourth-order valence-corrected chi connectivity index (χ4v) is 4.00. The molecule has 0 bridgehead atoms. The summed E-state index contributed by atoms with van der Waals surface area (Å²) < 4.78 is 16.7. The van der Waals surface area contributed by atoms with Crippen molar-refractivity contribution in [3.05, 3.63) is 71.4 Å². The summed E-state index contributed by atoms with van der Waals surface area (Å²) in [5, 5.41) is 11.4. The second kappa shape index (κ2) is 9.46. The van der Waals surface area contributed by atoms with Crippen LogP contribution in [-0.4, -0.2) is 53.0 Å². The average Bonchev–Trinajstić information content (AvgIpc) is 3.36. The highest BCUT2D eigenvalue weighted by atomic mass is 16.5. The molecule has 1 aliphatic rings. The average molecular weight is 450 g/mol. The van der Waals surface area contributed by atoms with Crippen LogP contribution in [0.15, 0.2) is 64.5 Å². The van der Waals surface area contributed by atoms with Crippen molar-refractivity contribution >= 4 is 22.7 Å². The molecule has 1 unspecified atom stereocenters. The number of ether oxygens (including phenoxy) is 2. The number of pyridine rings is 1. The van der Waals surface area contributed by atoms with Gasteiger partial charge in [0.1, 0.15) is 0 Å². The predicted octanol–water partition coefficient (Wildman–Crippen LogP) is 4.23. The van der Waals surface area contributed by atoms with E-state index in [1.165, 1.54) is 12.0 Å². The zero-order valence-corrected chi connectivity index (χ0v) is 18.8. The van der Waals surface area contributed by atoms with Crippen molar-refractivity contribution < 1.29 is 28.6 Å². The van der Waals surface area contributed by atoms with Gasteiger partial charge in [-0.15, -0.1) is 0 Å². The molecule has 1 atom stereocenters. The van der Waals surface area contributed by atoms with E-state index in [1.54, 1.807) is 48.8 Å². The van der Waals surface area contributed by atoms with E-state index in [2.05, 4.69) is 4.98 Å². The Morgan fingerprint density at radius 1 is 1.27 bits per heavy atom. The Balaban J connectivity index is 1.70. The third-order valence-electron chi connectivity index (χ3n) is 5.49. The van der Waals surface area contributed by atoms with Gasteiger partial charge in [0.05, 0.1) is 24.8 Å². The van der Waals surface area contributed by atoms with E-state index in [4.69, 9.17) is 13.9 Å². The minimum atomic E-state index is -0.784. The van der Waals surface area contributed by atoms with Crippen molar-refractivity contribution in [1.82, 2.24) is 9.88 Å². The number of aliphatic hydroxyl groups is 1. The first-order chi connectivity index (χ1) is 15.9. The Kier molecular flexibility index (Phi) is 6.46. The molecule has 8 nitrogen and oxygen atoms in total. The van der Waals surface area contributed by atoms with Gasteiger partial charge in [-0.25, -0.2) is 0 Å². The maximum absolute atomic E-state index is 13.5. The number of benzene rings is 1. The van der Waals surface area contributed by atoms with E-state index < -0.39 is 23.5 Å². The molecule has 0 saturated carbocycles. The summed E-state index contributed by atoms with van der Waals surface area (Å²) in [6.45, 7) is 4.63. The lowest BCUT2D eigenvalue weighted by Crippen LogP contribution is -2.32. The Hall–Kier alpha value is -3.65. The highest BCUT2D eigenvalue weighted by Gasteiger charge is 2.44. The molecule has 0 fully saturated rings. The highest BCUT2D eigenvalue weighted by Crippen LogP contribution is 2.40. The molecule has 0 aliphatic carbocycles. The maximum atomic E-state index is 13.5. The number of amides is 1. The first-order valence-electron chi connectivity index (χ1n) is 10.8. The van der Waals surface area contributed by atoms with Crippen molar-refractivity contribution in [2.24, 2.45) is 0 Å². The number of carbonyl (C=O) groups is 2. The van der Waals surface area contributed by atoms with Crippen LogP contribution in [0.2, 0.25) is 0 Å². The van der Waals surface area contributed by atoms with Gasteiger partial charge in [-0.3, -0.25) is 14.6 Å². The number of aliphatic hydroxyl groups excluding tert-OH is 1. The van der Waals surface area contributed by atoms with Gasteiger partial charge >= 0.3 is 0 Å². The van der Waals surface area contributed by atoms with Crippen LogP contribution < -0.4 is 4.74 Å². The molecule has 8 heteroatoms. The van der Waals surface area contributed by atoms with Gasteiger partial charge in [0.2, 0.25) is 5.78 Å². The van der Waals surface area contributed by atoms with E-state index in [-0.39, 0.29) is 17.4 Å². The molecule has 0 radical (unpaired) electrons. The fourth-order valence-electron chi connectivity index (χ4n) is 4.00. The third-order valence-corrected chi connectivity index (χ3v) is 5.49. The number of nitrogens with zero attached hydrogens (tertiary/aromatic N) is 2. The lowest BCUT2D eigenvalue weighted by molar-refractivity contribution is -0.129. The number of ketones is 1. The molecule has 2 aromatic heterocycles. The number of fused-ring (bicyclic) bond motifs is 1. The Bertz CT molecular complexity index is 1200.